The maximum atomic E-state index is 10.9. The summed E-state index contributed by atoms with van der Waals surface area (Å²) < 4.78 is 7.23. The highest BCUT2D eigenvalue weighted by molar-refractivity contribution is 5.36. The molecular weight excluding hydrogens is 236 g/mol. The number of aryl methyl sites for hydroxylation is 1. The molecule has 1 saturated heterocycles. The van der Waals surface area contributed by atoms with E-state index < -0.39 is 4.92 Å². The van der Waals surface area contributed by atoms with Crippen molar-refractivity contribution in [2.45, 2.75) is 19.8 Å². The quantitative estimate of drug-likeness (QED) is 0.640. The number of hydrogen-bond donors (Lipinski definition) is 1. The van der Waals surface area contributed by atoms with E-state index in [-0.39, 0.29) is 11.7 Å². The van der Waals surface area contributed by atoms with Crippen molar-refractivity contribution in [1.29, 1.82) is 0 Å². The zero-order chi connectivity index (χ0) is 13.1. The van der Waals surface area contributed by atoms with E-state index in [9.17, 15) is 10.1 Å². The van der Waals surface area contributed by atoms with E-state index in [0.717, 1.165) is 25.9 Å². The molecule has 7 heteroatoms. The first-order valence-corrected chi connectivity index (χ1v) is 6.11. The van der Waals surface area contributed by atoms with E-state index in [0.29, 0.717) is 18.3 Å². The van der Waals surface area contributed by atoms with Gasteiger partial charge in [0.1, 0.15) is 0 Å². The standard InChI is InChI=1S/C11H18N4O3/c1-8-13-10(15(16)17)11(14(8)2)18-7-9-4-3-5-12-6-9/h9,12H,3-7H2,1-2H3. The highest BCUT2D eigenvalue weighted by Crippen LogP contribution is 2.27. The first-order valence-electron chi connectivity index (χ1n) is 6.11. The number of nitro groups is 1. The second kappa shape index (κ2) is 5.34. The average Bonchev–Trinajstić information content (AvgIpc) is 2.65. The maximum Gasteiger partial charge on any atom is 0.426 e. The minimum atomic E-state index is -0.499. The maximum absolute atomic E-state index is 10.9. The van der Waals surface area contributed by atoms with Crippen molar-refractivity contribution in [3.63, 3.8) is 0 Å². The highest BCUT2D eigenvalue weighted by Gasteiger charge is 2.26. The average molecular weight is 254 g/mol. The lowest BCUT2D eigenvalue weighted by atomic mass is 10.0. The summed E-state index contributed by atoms with van der Waals surface area (Å²) in [7, 11) is 1.73. The summed E-state index contributed by atoms with van der Waals surface area (Å²) in [6.45, 7) is 4.17. The molecule has 0 aromatic carbocycles. The van der Waals surface area contributed by atoms with Gasteiger partial charge in [-0.25, -0.2) is 0 Å². The van der Waals surface area contributed by atoms with Crippen LogP contribution in [0.1, 0.15) is 18.7 Å². The van der Waals surface area contributed by atoms with E-state index in [4.69, 9.17) is 4.74 Å². The molecule has 1 unspecified atom stereocenters. The smallest absolute Gasteiger partial charge is 0.426 e. The van der Waals surface area contributed by atoms with E-state index in [1.165, 1.54) is 0 Å². The summed E-state index contributed by atoms with van der Waals surface area (Å²) in [5, 5.41) is 14.2. The van der Waals surface area contributed by atoms with Crippen LogP contribution in [0.15, 0.2) is 0 Å². The second-order valence-corrected chi connectivity index (χ2v) is 4.63. The van der Waals surface area contributed by atoms with Crippen LogP contribution in [0, 0.1) is 23.0 Å². The number of nitrogens with one attached hydrogen (secondary N) is 1. The van der Waals surface area contributed by atoms with Crippen molar-refractivity contribution in [2.24, 2.45) is 13.0 Å². The molecule has 1 aromatic rings. The molecule has 1 aromatic heterocycles. The fourth-order valence-corrected chi connectivity index (χ4v) is 2.12. The number of nitrogens with zero attached hydrogens (tertiary/aromatic N) is 3. The van der Waals surface area contributed by atoms with Crippen molar-refractivity contribution in [1.82, 2.24) is 14.9 Å². The molecule has 2 rings (SSSR count). The number of piperidine rings is 1. The van der Waals surface area contributed by atoms with Crippen LogP contribution in [0.2, 0.25) is 0 Å². The summed E-state index contributed by atoms with van der Waals surface area (Å²) in [6, 6.07) is 0. The third-order valence-electron chi connectivity index (χ3n) is 3.28. The third kappa shape index (κ3) is 2.61. The lowest BCUT2D eigenvalue weighted by Crippen LogP contribution is -2.33. The zero-order valence-corrected chi connectivity index (χ0v) is 10.7. The van der Waals surface area contributed by atoms with Crippen LogP contribution in [0.25, 0.3) is 0 Å². The van der Waals surface area contributed by atoms with Crippen molar-refractivity contribution in [3.05, 3.63) is 15.9 Å². The van der Waals surface area contributed by atoms with Gasteiger partial charge in [0.05, 0.1) is 6.61 Å². The Kier molecular flexibility index (Phi) is 3.81. The van der Waals surface area contributed by atoms with Crippen LogP contribution in [0.4, 0.5) is 5.82 Å². The van der Waals surface area contributed by atoms with Crippen molar-refractivity contribution in [2.75, 3.05) is 19.7 Å². The van der Waals surface area contributed by atoms with Gasteiger partial charge in [0.2, 0.25) is 5.82 Å². The SMILES string of the molecule is Cc1nc([N+](=O)[O-])c(OCC2CCCNC2)n1C. The Morgan fingerprint density at radius 1 is 1.67 bits per heavy atom. The van der Waals surface area contributed by atoms with E-state index in [1.54, 1.807) is 18.5 Å². The topological polar surface area (TPSA) is 82.2 Å². The van der Waals surface area contributed by atoms with Gasteiger partial charge in [0.25, 0.3) is 5.88 Å². The van der Waals surface area contributed by atoms with Crippen molar-refractivity contribution >= 4 is 5.82 Å². The number of imidazole rings is 1. The lowest BCUT2D eigenvalue weighted by Gasteiger charge is -2.22. The molecule has 1 aliphatic rings. The molecule has 0 saturated carbocycles. The van der Waals surface area contributed by atoms with Crippen molar-refractivity contribution in [3.8, 4) is 5.88 Å². The molecule has 1 fully saturated rings. The minimum absolute atomic E-state index is 0.196. The Morgan fingerprint density at radius 2 is 2.44 bits per heavy atom. The van der Waals surface area contributed by atoms with Crippen LogP contribution < -0.4 is 10.1 Å². The predicted molar refractivity (Wildman–Crippen MR) is 65.7 cm³/mol. The molecule has 100 valence electrons. The Morgan fingerprint density at radius 3 is 3.06 bits per heavy atom. The van der Waals surface area contributed by atoms with Gasteiger partial charge in [0.15, 0.2) is 0 Å². The molecule has 0 spiro atoms. The van der Waals surface area contributed by atoms with Crippen LogP contribution in [-0.4, -0.2) is 34.2 Å². The molecule has 1 atom stereocenters. The van der Waals surface area contributed by atoms with Crippen LogP contribution in [-0.2, 0) is 7.05 Å². The van der Waals surface area contributed by atoms with Gasteiger partial charge in [0, 0.05) is 26.4 Å². The van der Waals surface area contributed by atoms with Gasteiger partial charge in [-0.3, -0.25) is 4.57 Å². The molecular formula is C11H18N4O3. The predicted octanol–water partition coefficient (Wildman–Crippen LogP) is 1.02. The van der Waals surface area contributed by atoms with Gasteiger partial charge in [-0.05, 0) is 29.3 Å². The first kappa shape index (κ1) is 12.8. The summed E-state index contributed by atoms with van der Waals surface area (Å²) >= 11 is 0. The molecule has 0 radical (unpaired) electrons. The normalized spacial score (nSPS) is 19.8. The molecule has 1 N–H and O–H groups in total. The molecule has 0 aliphatic carbocycles. The highest BCUT2D eigenvalue weighted by atomic mass is 16.6. The molecule has 7 nitrogen and oxygen atoms in total. The zero-order valence-electron chi connectivity index (χ0n) is 10.7. The van der Waals surface area contributed by atoms with Crippen LogP contribution in [0.3, 0.4) is 0 Å². The van der Waals surface area contributed by atoms with Gasteiger partial charge >= 0.3 is 5.82 Å². The second-order valence-electron chi connectivity index (χ2n) is 4.63. The minimum Gasteiger partial charge on any atom is -0.472 e. The molecule has 18 heavy (non-hydrogen) atoms. The number of aromatic nitrogens is 2. The lowest BCUT2D eigenvalue weighted by molar-refractivity contribution is -0.390. The molecule has 0 bridgehead atoms. The van der Waals surface area contributed by atoms with Crippen LogP contribution >= 0.6 is 0 Å². The number of ether oxygens (including phenoxy) is 1. The van der Waals surface area contributed by atoms with E-state index >= 15 is 0 Å². The number of hydrogen-bond acceptors (Lipinski definition) is 5. The summed E-state index contributed by atoms with van der Waals surface area (Å²) in [4.78, 5) is 14.3. The summed E-state index contributed by atoms with van der Waals surface area (Å²) in [5.41, 5.74) is 0. The Bertz CT molecular complexity index is 438. The first-order chi connectivity index (χ1) is 8.59. The largest absolute Gasteiger partial charge is 0.472 e. The van der Waals surface area contributed by atoms with Crippen molar-refractivity contribution < 1.29 is 9.66 Å². The molecule has 0 amide bonds. The summed E-state index contributed by atoms with van der Waals surface area (Å²) in [6.07, 6.45) is 2.22. The van der Waals surface area contributed by atoms with Gasteiger partial charge < -0.3 is 20.2 Å². The van der Waals surface area contributed by atoms with Gasteiger partial charge in [-0.15, -0.1) is 0 Å². The third-order valence-corrected chi connectivity index (χ3v) is 3.28. The fourth-order valence-electron chi connectivity index (χ4n) is 2.12. The monoisotopic (exact) mass is 254 g/mol. The molecule has 1 aliphatic heterocycles. The molecule has 2 heterocycles. The van der Waals surface area contributed by atoms with E-state index in [2.05, 4.69) is 10.3 Å². The van der Waals surface area contributed by atoms with Gasteiger partial charge in [-0.2, -0.15) is 0 Å². The number of rotatable bonds is 4. The van der Waals surface area contributed by atoms with E-state index in [1.807, 2.05) is 0 Å². The fraction of sp³-hybridized carbons (Fsp3) is 0.727. The van der Waals surface area contributed by atoms with Crippen LogP contribution in [0.5, 0.6) is 5.88 Å². The summed E-state index contributed by atoms with van der Waals surface area (Å²) in [5.74, 6) is 1.05. The Balaban J connectivity index is 2.05. The Hall–Kier alpha value is -1.63. The van der Waals surface area contributed by atoms with Gasteiger partial charge in [-0.1, -0.05) is 0 Å². The Labute approximate surface area is 105 Å².